The van der Waals surface area contributed by atoms with Crippen LogP contribution in [0.25, 0.3) is 10.9 Å². The van der Waals surface area contributed by atoms with Gasteiger partial charge in [-0.2, -0.15) is 0 Å². The number of hydrogen-bond donors (Lipinski definition) is 0. The second kappa shape index (κ2) is 3.79. The Morgan fingerprint density at radius 3 is 2.89 bits per heavy atom. The van der Waals surface area contributed by atoms with E-state index < -0.39 is 0 Å². The van der Waals surface area contributed by atoms with E-state index in [4.69, 9.17) is 0 Å². The van der Waals surface area contributed by atoms with Gasteiger partial charge < -0.3 is 0 Å². The van der Waals surface area contributed by atoms with Crippen molar-refractivity contribution in [2.45, 2.75) is 13.5 Å². The Balaban J connectivity index is 1.53. The summed E-state index contributed by atoms with van der Waals surface area (Å²) in [6, 6.07) is 10.8. The van der Waals surface area contributed by atoms with Crippen molar-refractivity contribution in [1.82, 2.24) is 9.88 Å². The van der Waals surface area contributed by atoms with Crippen molar-refractivity contribution < 1.29 is 0 Å². The van der Waals surface area contributed by atoms with Crippen molar-refractivity contribution in [3.05, 3.63) is 42.1 Å². The smallest absolute Gasteiger partial charge is 0.0705 e. The SMILES string of the molecule is CC1C2CN(Cc3ccc4cccnc4c3)CC12. The van der Waals surface area contributed by atoms with E-state index >= 15 is 0 Å². The number of nitrogens with zero attached hydrogens (tertiary/aromatic N) is 2. The van der Waals surface area contributed by atoms with Gasteiger partial charge in [0.15, 0.2) is 0 Å². The van der Waals surface area contributed by atoms with E-state index in [2.05, 4.69) is 41.1 Å². The molecule has 1 aromatic carbocycles. The maximum absolute atomic E-state index is 4.43. The van der Waals surface area contributed by atoms with E-state index in [1.807, 2.05) is 12.3 Å². The van der Waals surface area contributed by atoms with Crippen molar-refractivity contribution in [3.63, 3.8) is 0 Å². The molecule has 92 valence electrons. The third-order valence-electron chi connectivity index (χ3n) is 4.77. The van der Waals surface area contributed by atoms with Gasteiger partial charge in [0.2, 0.25) is 0 Å². The topological polar surface area (TPSA) is 16.1 Å². The number of likely N-dealkylation sites (tertiary alicyclic amines) is 1. The maximum atomic E-state index is 4.43. The fraction of sp³-hybridized carbons (Fsp3) is 0.438. The predicted molar refractivity (Wildman–Crippen MR) is 73.2 cm³/mol. The highest BCUT2D eigenvalue weighted by Crippen LogP contribution is 2.51. The number of piperidine rings is 1. The summed E-state index contributed by atoms with van der Waals surface area (Å²) in [5.41, 5.74) is 2.52. The molecule has 0 spiro atoms. The molecular weight excluding hydrogens is 220 g/mol. The molecule has 0 N–H and O–H groups in total. The zero-order chi connectivity index (χ0) is 12.1. The van der Waals surface area contributed by atoms with Gasteiger partial charge in [-0.15, -0.1) is 0 Å². The quantitative estimate of drug-likeness (QED) is 0.799. The van der Waals surface area contributed by atoms with Gasteiger partial charge >= 0.3 is 0 Å². The summed E-state index contributed by atoms with van der Waals surface area (Å²) in [6.45, 7) is 6.08. The highest BCUT2D eigenvalue weighted by molar-refractivity contribution is 5.78. The Morgan fingerprint density at radius 1 is 1.22 bits per heavy atom. The van der Waals surface area contributed by atoms with Gasteiger partial charge in [0.1, 0.15) is 0 Å². The first-order valence-corrected chi connectivity index (χ1v) is 6.87. The number of fused-ring (bicyclic) bond motifs is 2. The Labute approximate surface area is 108 Å². The van der Waals surface area contributed by atoms with Gasteiger partial charge in [0.25, 0.3) is 0 Å². The van der Waals surface area contributed by atoms with Crippen molar-refractivity contribution in [2.24, 2.45) is 17.8 Å². The fourth-order valence-corrected chi connectivity index (χ4v) is 3.51. The molecule has 2 heterocycles. The molecule has 2 heteroatoms. The van der Waals surface area contributed by atoms with Gasteiger partial charge in [0, 0.05) is 31.2 Å². The van der Waals surface area contributed by atoms with Gasteiger partial charge in [-0.1, -0.05) is 25.1 Å². The van der Waals surface area contributed by atoms with Crippen molar-refractivity contribution in [2.75, 3.05) is 13.1 Å². The highest BCUT2D eigenvalue weighted by atomic mass is 15.2. The van der Waals surface area contributed by atoms with Crippen LogP contribution in [0.3, 0.4) is 0 Å². The first-order chi connectivity index (χ1) is 8.81. The Bertz CT molecular complexity index is 580. The van der Waals surface area contributed by atoms with Crippen molar-refractivity contribution in [3.8, 4) is 0 Å². The van der Waals surface area contributed by atoms with Crippen LogP contribution in [-0.2, 0) is 6.54 Å². The summed E-state index contributed by atoms with van der Waals surface area (Å²) in [7, 11) is 0. The highest BCUT2D eigenvalue weighted by Gasteiger charge is 2.52. The molecule has 18 heavy (non-hydrogen) atoms. The lowest BCUT2D eigenvalue weighted by atomic mass is 10.1. The minimum absolute atomic E-state index is 0.986. The van der Waals surface area contributed by atoms with E-state index in [1.165, 1.54) is 24.0 Å². The summed E-state index contributed by atoms with van der Waals surface area (Å²) in [4.78, 5) is 7.03. The molecule has 4 rings (SSSR count). The lowest BCUT2D eigenvalue weighted by molar-refractivity contribution is 0.281. The second-order valence-electron chi connectivity index (χ2n) is 5.91. The van der Waals surface area contributed by atoms with Crippen molar-refractivity contribution in [1.29, 1.82) is 0 Å². The Hall–Kier alpha value is -1.41. The fourth-order valence-electron chi connectivity index (χ4n) is 3.51. The molecule has 2 aromatic rings. The van der Waals surface area contributed by atoms with Crippen LogP contribution in [0.15, 0.2) is 36.5 Å². The second-order valence-corrected chi connectivity index (χ2v) is 5.91. The number of aromatic nitrogens is 1. The van der Waals surface area contributed by atoms with Gasteiger partial charge in [-0.05, 0) is 35.4 Å². The summed E-state index contributed by atoms with van der Waals surface area (Å²) in [6.07, 6.45) is 1.87. The van der Waals surface area contributed by atoms with E-state index in [1.54, 1.807) is 0 Å². The third-order valence-corrected chi connectivity index (χ3v) is 4.77. The molecule has 0 amide bonds. The number of rotatable bonds is 2. The first kappa shape index (κ1) is 10.5. The molecule has 2 nitrogen and oxygen atoms in total. The maximum Gasteiger partial charge on any atom is 0.0705 e. The van der Waals surface area contributed by atoms with E-state index in [0.29, 0.717) is 0 Å². The number of pyridine rings is 1. The third kappa shape index (κ3) is 1.64. The molecule has 2 fully saturated rings. The number of hydrogen-bond acceptors (Lipinski definition) is 2. The molecule has 1 aliphatic heterocycles. The summed E-state index contributed by atoms with van der Waals surface area (Å²) >= 11 is 0. The molecule has 2 unspecified atom stereocenters. The van der Waals surface area contributed by atoms with Crippen LogP contribution in [0, 0.1) is 17.8 Å². The summed E-state index contributed by atoms with van der Waals surface area (Å²) in [5, 5.41) is 1.24. The predicted octanol–water partition coefficient (Wildman–Crippen LogP) is 2.93. The zero-order valence-electron chi connectivity index (χ0n) is 10.7. The van der Waals surface area contributed by atoms with Gasteiger partial charge in [-0.25, -0.2) is 0 Å². The van der Waals surface area contributed by atoms with Crippen LogP contribution in [-0.4, -0.2) is 23.0 Å². The molecule has 0 radical (unpaired) electrons. The molecule has 1 saturated carbocycles. The van der Waals surface area contributed by atoms with E-state index in [-0.39, 0.29) is 0 Å². The minimum atomic E-state index is 0.986. The lowest BCUT2D eigenvalue weighted by Crippen LogP contribution is -2.23. The normalized spacial score (nSPS) is 30.6. The first-order valence-electron chi connectivity index (χ1n) is 6.87. The Morgan fingerprint density at radius 2 is 2.06 bits per heavy atom. The molecule has 1 aromatic heterocycles. The summed E-state index contributed by atoms with van der Waals surface area (Å²) < 4.78 is 0. The molecule has 2 atom stereocenters. The average molecular weight is 238 g/mol. The monoisotopic (exact) mass is 238 g/mol. The number of benzene rings is 1. The molecule has 0 bridgehead atoms. The molecule has 1 saturated heterocycles. The van der Waals surface area contributed by atoms with E-state index in [9.17, 15) is 0 Å². The average Bonchev–Trinajstić information content (AvgIpc) is 2.83. The lowest BCUT2D eigenvalue weighted by Gasteiger charge is -2.18. The van der Waals surface area contributed by atoms with Gasteiger partial charge in [0.05, 0.1) is 5.52 Å². The summed E-state index contributed by atoms with van der Waals surface area (Å²) in [5.74, 6) is 2.96. The van der Waals surface area contributed by atoms with Crippen LogP contribution in [0.1, 0.15) is 12.5 Å². The Kier molecular flexibility index (Phi) is 2.21. The van der Waals surface area contributed by atoms with Crippen LogP contribution in [0.5, 0.6) is 0 Å². The largest absolute Gasteiger partial charge is 0.298 e. The van der Waals surface area contributed by atoms with Crippen LogP contribution >= 0.6 is 0 Å². The van der Waals surface area contributed by atoms with Crippen LogP contribution < -0.4 is 0 Å². The molecular formula is C16H18N2. The van der Waals surface area contributed by atoms with Gasteiger partial charge in [-0.3, -0.25) is 9.88 Å². The minimum Gasteiger partial charge on any atom is -0.298 e. The van der Waals surface area contributed by atoms with E-state index in [0.717, 1.165) is 29.8 Å². The molecule has 1 aliphatic carbocycles. The standard InChI is InChI=1S/C16H18N2/c1-11-14-9-18(10-15(11)14)8-12-4-5-13-3-2-6-17-16(13)7-12/h2-7,11,14-15H,8-10H2,1H3. The molecule has 2 aliphatic rings. The van der Waals surface area contributed by atoms with Crippen LogP contribution in [0.4, 0.5) is 0 Å². The zero-order valence-corrected chi connectivity index (χ0v) is 10.7. The van der Waals surface area contributed by atoms with Crippen molar-refractivity contribution >= 4 is 10.9 Å². The van der Waals surface area contributed by atoms with Crippen LogP contribution in [0.2, 0.25) is 0 Å².